The summed E-state index contributed by atoms with van der Waals surface area (Å²) in [6.07, 6.45) is 1.08. The van der Waals surface area contributed by atoms with Gasteiger partial charge < -0.3 is 16.2 Å². The lowest BCUT2D eigenvalue weighted by atomic mass is 10.1. The topological polar surface area (TPSA) is 75.4 Å². The normalized spacial score (nSPS) is 10.2. The van der Waals surface area contributed by atoms with Crippen molar-refractivity contribution in [3.8, 4) is 0 Å². The van der Waals surface area contributed by atoms with E-state index in [1.165, 1.54) is 0 Å². The van der Waals surface area contributed by atoms with Gasteiger partial charge in [0.25, 0.3) is 0 Å². The molecular formula is C16H18N2O2. The monoisotopic (exact) mass is 270 g/mol. The molecule has 0 aliphatic carbocycles. The maximum absolute atomic E-state index is 11.9. The molecule has 0 radical (unpaired) electrons. The molecule has 0 heterocycles. The van der Waals surface area contributed by atoms with Crippen LogP contribution in [0.15, 0.2) is 48.5 Å². The molecule has 2 rings (SSSR count). The van der Waals surface area contributed by atoms with E-state index in [0.717, 1.165) is 16.8 Å². The fourth-order valence-corrected chi connectivity index (χ4v) is 1.91. The fourth-order valence-electron chi connectivity index (χ4n) is 1.91. The van der Waals surface area contributed by atoms with Crippen LogP contribution in [0, 0.1) is 0 Å². The van der Waals surface area contributed by atoms with Crippen molar-refractivity contribution in [2.45, 2.75) is 19.4 Å². The second-order valence-corrected chi connectivity index (χ2v) is 4.65. The number of aliphatic hydroxyl groups excluding tert-OH is 1. The highest BCUT2D eigenvalue weighted by Crippen LogP contribution is 2.12. The first-order valence-electron chi connectivity index (χ1n) is 6.51. The fraction of sp³-hybridized carbons (Fsp3) is 0.188. The maximum atomic E-state index is 11.9. The Morgan fingerprint density at radius 1 is 1.10 bits per heavy atom. The zero-order chi connectivity index (χ0) is 14.4. The van der Waals surface area contributed by atoms with Gasteiger partial charge in [0.15, 0.2) is 0 Å². The summed E-state index contributed by atoms with van der Waals surface area (Å²) in [7, 11) is 0. The minimum absolute atomic E-state index is 0.0326. The number of hydrogen-bond acceptors (Lipinski definition) is 3. The van der Waals surface area contributed by atoms with E-state index in [2.05, 4.69) is 5.32 Å². The smallest absolute Gasteiger partial charge is 0.224 e. The molecule has 0 aliphatic heterocycles. The third kappa shape index (κ3) is 4.10. The summed E-state index contributed by atoms with van der Waals surface area (Å²) in [5.74, 6) is -0.0445. The molecule has 0 saturated heterocycles. The van der Waals surface area contributed by atoms with Gasteiger partial charge in [0, 0.05) is 17.8 Å². The summed E-state index contributed by atoms with van der Waals surface area (Å²) in [5, 5.41) is 11.9. The number of nitrogens with two attached hydrogens (primary N) is 1. The van der Waals surface area contributed by atoms with Crippen molar-refractivity contribution in [2.75, 3.05) is 11.1 Å². The van der Waals surface area contributed by atoms with Crippen LogP contribution >= 0.6 is 0 Å². The van der Waals surface area contributed by atoms with Gasteiger partial charge in [-0.2, -0.15) is 0 Å². The van der Waals surface area contributed by atoms with E-state index in [1.54, 1.807) is 18.2 Å². The number of anilines is 2. The van der Waals surface area contributed by atoms with Gasteiger partial charge in [-0.05, 0) is 41.8 Å². The highest BCUT2D eigenvalue weighted by molar-refractivity contribution is 5.90. The summed E-state index contributed by atoms with van der Waals surface area (Å²) < 4.78 is 0. The van der Waals surface area contributed by atoms with Crippen LogP contribution in [0.25, 0.3) is 0 Å². The molecule has 0 aliphatic rings. The number of hydrogen-bond donors (Lipinski definition) is 3. The predicted octanol–water partition coefficient (Wildman–Crippen LogP) is 2.33. The van der Waals surface area contributed by atoms with Crippen LogP contribution in [0.3, 0.4) is 0 Å². The average molecular weight is 270 g/mol. The highest BCUT2D eigenvalue weighted by Gasteiger charge is 2.04. The minimum atomic E-state index is -0.0445. The van der Waals surface area contributed by atoms with Crippen molar-refractivity contribution in [3.05, 3.63) is 59.7 Å². The molecular weight excluding hydrogens is 252 g/mol. The largest absolute Gasteiger partial charge is 0.399 e. The Morgan fingerprint density at radius 2 is 1.85 bits per heavy atom. The lowest BCUT2D eigenvalue weighted by Crippen LogP contribution is -2.12. The highest BCUT2D eigenvalue weighted by atomic mass is 16.3. The first kappa shape index (κ1) is 14.1. The molecule has 0 spiro atoms. The van der Waals surface area contributed by atoms with Crippen LogP contribution in [0.5, 0.6) is 0 Å². The molecule has 0 bridgehead atoms. The minimum Gasteiger partial charge on any atom is -0.399 e. The molecule has 0 aromatic heterocycles. The zero-order valence-electron chi connectivity index (χ0n) is 11.2. The molecule has 4 heteroatoms. The first-order chi connectivity index (χ1) is 9.67. The summed E-state index contributed by atoms with van der Waals surface area (Å²) >= 11 is 0. The number of amides is 1. The van der Waals surface area contributed by atoms with Gasteiger partial charge in [-0.1, -0.05) is 24.3 Å². The Kier molecular flexibility index (Phi) is 4.74. The van der Waals surface area contributed by atoms with E-state index in [4.69, 9.17) is 10.8 Å². The van der Waals surface area contributed by atoms with E-state index in [-0.39, 0.29) is 12.5 Å². The second-order valence-electron chi connectivity index (χ2n) is 4.65. The Bertz CT molecular complexity index is 579. The number of nitrogen functional groups attached to an aromatic ring is 1. The molecule has 0 unspecified atom stereocenters. The van der Waals surface area contributed by atoms with Crippen molar-refractivity contribution < 1.29 is 9.90 Å². The van der Waals surface area contributed by atoms with E-state index in [1.807, 2.05) is 30.3 Å². The molecule has 4 nitrogen and oxygen atoms in total. The predicted molar refractivity (Wildman–Crippen MR) is 80.2 cm³/mol. The number of benzene rings is 2. The molecule has 104 valence electrons. The first-order valence-corrected chi connectivity index (χ1v) is 6.51. The number of carbonyl (C=O) groups excluding carboxylic acids is 1. The summed E-state index contributed by atoms with van der Waals surface area (Å²) in [5.41, 5.74) is 8.90. The van der Waals surface area contributed by atoms with Crippen LogP contribution in [0.2, 0.25) is 0 Å². The van der Waals surface area contributed by atoms with Crippen molar-refractivity contribution in [1.29, 1.82) is 0 Å². The van der Waals surface area contributed by atoms with Crippen LogP contribution in [0.4, 0.5) is 11.4 Å². The molecule has 20 heavy (non-hydrogen) atoms. The molecule has 2 aromatic carbocycles. The summed E-state index contributed by atoms with van der Waals surface area (Å²) in [6.45, 7) is -0.0326. The maximum Gasteiger partial charge on any atom is 0.224 e. The molecule has 1 amide bonds. The van der Waals surface area contributed by atoms with Gasteiger partial charge in [-0.15, -0.1) is 0 Å². The van der Waals surface area contributed by atoms with Crippen LogP contribution in [-0.4, -0.2) is 11.0 Å². The Labute approximate surface area is 118 Å². The molecule has 2 aromatic rings. The lowest BCUT2D eigenvalue weighted by Gasteiger charge is -2.07. The molecule has 0 atom stereocenters. The molecule has 4 N–H and O–H groups in total. The summed E-state index contributed by atoms with van der Waals surface area (Å²) in [6, 6.07) is 14.7. The average Bonchev–Trinajstić information content (AvgIpc) is 2.47. The number of aliphatic hydroxyl groups is 1. The quantitative estimate of drug-likeness (QED) is 0.730. The van der Waals surface area contributed by atoms with Gasteiger partial charge in [0.1, 0.15) is 0 Å². The van der Waals surface area contributed by atoms with Crippen LogP contribution in [-0.2, 0) is 17.8 Å². The van der Waals surface area contributed by atoms with Crippen molar-refractivity contribution in [3.63, 3.8) is 0 Å². The number of aryl methyl sites for hydroxylation is 1. The SMILES string of the molecule is Nc1ccc(CCC(=O)Nc2cccc(CO)c2)cc1. The standard InChI is InChI=1S/C16H18N2O2/c17-14-7-4-12(5-8-14)6-9-16(20)18-15-3-1-2-13(10-15)11-19/h1-5,7-8,10,19H,6,9,11,17H2,(H,18,20). The van der Waals surface area contributed by atoms with E-state index in [0.29, 0.717) is 18.5 Å². The second kappa shape index (κ2) is 6.73. The third-order valence-corrected chi connectivity index (χ3v) is 3.01. The summed E-state index contributed by atoms with van der Waals surface area (Å²) in [4.78, 5) is 11.9. The molecule has 0 saturated carbocycles. The van der Waals surface area contributed by atoms with Crippen LogP contribution in [0.1, 0.15) is 17.5 Å². The Balaban J connectivity index is 1.87. The van der Waals surface area contributed by atoms with E-state index >= 15 is 0 Å². The number of carbonyl (C=O) groups is 1. The zero-order valence-corrected chi connectivity index (χ0v) is 11.2. The van der Waals surface area contributed by atoms with Crippen molar-refractivity contribution in [2.24, 2.45) is 0 Å². The molecule has 0 fully saturated rings. The van der Waals surface area contributed by atoms with Crippen molar-refractivity contribution >= 4 is 17.3 Å². The number of rotatable bonds is 5. The van der Waals surface area contributed by atoms with Crippen LogP contribution < -0.4 is 11.1 Å². The van der Waals surface area contributed by atoms with Gasteiger partial charge >= 0.3 is 0 Å². The van der Waals surface area contributed by atoms with Gasteiger partial charge in [0.05, 0.1) is 6.61 Å². The lowest BCUT2D eigenvalue weighted by molar-refractivity contribution is -0.116. The Hall–Kier alpha value is -2.33. The number of nitrogens with one attached hydrogen (secondary N) is 1. The van der Waals surface area contributed by atoms with Gasteiger partial charge in [-0.3, -0.25) is 4.79 Å². The van der Waals surface area contributed by atoms with Gasteiger partial charge in [0.2, 0.25) is 5.91 Å². The third-order valence-electron chi connectivity index (χ3n) is 3.01. The Morgan fingerprint density at radius 3 is 2.55 bits per heavy atom. The van der Waals surface area contributed by atoms with Crippen molar-refractivity contribution in [1.82, 2.24) is 0 Å². The van der Waals surface area contributed by atoms with Gasteiger partial charge in [-0.25, -0.2) is 0 Å². The van der Waals surface area contributed by atoms with E-state index in [9.17, 15) is 4.79 Å². The van der Waals surface area contributed by atoms with E-state index < -0.39 is 0 Å².